The molecule has 1 aromatic rings. The molecular weight excluding hydrogens is 340 g/mol. The maximum absolute atomic E-state index is 12.3. The average molecular weight is 361 g/mol. The molecule has 0 aromatic heterocycles. The van der Waals surface area contributed by atoms with Crippen LogP contribution in [0.3, 0.4) is 0 Å². The minimum Gasteiger partial charge on any atom is -0.330 e. The summed E-state index contributed by atoms with van der Waals surface area (Å²) in [6, 6.07) is 6.81. The van der Waals surface area contributed by atoms with Gasteiger partial charge in [-0.15, -0.1) is 0 Å². The molecule has 4 nitrogen and oxygen atoms in total. The second-order valence-electron chi connectivity index (χ2n) is 5.81. The van der Waals surface area contributed by atoms with Crippen molar-refractivity contribution in [2.75, 3.05) is 31.9 Å². The van der Waals surface area contributed by atoms with Crippen molar-refractivity contribution >= 4 is 25.8 Å². The normalized spacial score (nSPS) is 24.1. The third kappa shape index (κ3) is 3.81. The van der Waals surface area contributed by atoms with Gasteiger partial charge in [0.2, 0.25) is 0 Å². The summed E-state index contributed by atoms with van der Waals surface area (Å²) in [7, 11) is -3.20. The number of nitrogens with two attached hydrogens (primary N) is 1. The second kappa shape index (κ2) is 6.13. The lowest BCUT2D eigenvalue weighted by molar-refractivity contribution is 0.291. The van der Waals surface area contributed by atoms with Gasteiger partial charge in [-0.3, -0.25) is 0 Å². The lowest BCUT2D eigenvalue weighted by Gasteiger charge is -2.22. The number of halogens is 1. The van der Waals surface area contributed by atoms with Gasteiger partial charge in [0, 0.05) is 17.6 Å². The standard InChI is InChI=1S/C14H21BrN2O2S/c1-14(10-16)6-7-17(11-14)8-9-20(18,19)13-4-2-12(15)3-5-13/h2-5H,6-11,16H2,1H3. The highest BCUT2D eigenvalue weighted by Gasteiger charge is 2.32. The van der Waals surface area contributed by atoms with Crippen LogP contribution in [0, 0.1) is 5.41 Å². The van der Waals surface area contributed by atoms with Crippen molar-refractivity contribution in [1.29, 1.82) is 0 Å². The van der Waals surface area contributed by atoms with Crippen LogP contribution in [-0.2, 0) is 9.84 Å². The first-order valence-corrected chi connectivity index (χ1v) is 9.20. The van der Waals surface area contributed by atoms with Gasteiger partial charge in [-0.05, 0) is 49.2 Å². The summed E-state index contributed by atoms with van der Waals surface area (Å²) >= 11 is 3.31. The van der Waals surface area contributed by atoms with Gasteiger partial charge in [0.05, 0.1) is 10.6 Å². The van der Waals surface area contributed by atoms with E-state index in [1.165, 1.54) is 0 Å². The highest BCUT2D eigenvalue weighted by Crippen LogP contribution is 2.28. The lowest BCUT2D eigenvalue weighted by Crippen LogP contribution is -2.33. The molecule has 0 amide bonds. The van der Waals surface area contributed by atoms with Crippen LogP contribution in [0.5, 0.6) is 0 Å². The monoisotopic (exact) mass is 360 g/mol. The van der Waals surface area contributed by atoms with Crippen LogP contribution in [0.2, 0.25) is 0 Å². The molecule has 0 spiro atoms. The van der Waals surface area contributed by atoms with E-state index in [0.717, 1.165) is 24.0 Å². The van der Waals surface area contributed by atoms with Crippen molar-refractivity contribution in [1.82, 2.24) is 4.90 Å². The summed E-state index contributed by atoms with van der Waals surface area (Å²) < 4.78 is 25.4. The summed E-state index contributed by atoms with van der Waals surface area (Å²) in [5.41, 5.74) is 5.91. The predicted octanol–water partition coefficient (Wildman–Crippen LogP) is 1.89. The van der Waals surface area contributed by atoms with E-state index < -0.39 is 9.84 Å². The molecule has 0 saturated carbocycles. The summed E-state index contributed by atoms with van der Waals surface area (Å²) in [5.74, 6) is 0.162. The molecule has 1 fully saturated rings. The van der Waals surface area contributed by atoms with Gasteiger partial charge in [-0.25, -0.2) is 8.42 Å². The Morgan fingerprint density at radius 2 is 2.00 bits per heavy atom. The van der Waals surface area contributed by atoms with Gasteiger partial charge < -0.3 is 10.6 Å². The summed E-state index contributed by atoms with van der Waals surface area (Å²) in [6.07, 6.45) is 1.04. The molecule has 0 bridgehead atoms. The zero-order chi connectivity index (χ0) is 14.8. The van der Waals surface area contributed by atoms with Crippen LogP contribution >= 0.6 is 15.9 Å². The van der Waals surface area contributed by atoms with Gasteiger partial charge >= 0.3 is 0 Å². The minimum absolute atomic E-state index is 0.140. The number of hydrogen-bond donors (Lipinski definition) is 1. The fourth-order valence-corrected chi connectivity index (χ4v) is 4.04. The Hall–Kier alpha value is -0.430. The maximum atomic E-state index is 12.3. The van der Waals surface area contributed by atoms with Crippen molar-refractivity contribution in [3.8, 4) is 0 Å². The molecule has 2 rings (SSSR count). The van der Waals surface area contributed by atoms with Crippen molar-refractivity contribution in [2.24, 2.45) is 11.1 Å². The van der Waals surface area contributed by atoms with Crippen molar-refractivity contribution in [3.63, 3.8) is 0 Å². The van der Waals surface area contributed by atoms with E-state index in [4.69, 9.17) is 5.73 Å². The average Bonchev–Trinajstić information content (AvgIpc) is 2.80. The molecule has 1 atom stereocenters. The van der Waals surface area contributed by atoms with Crippen molar-refractivity contribution in [2.45, 2.75) is 18.2 Å². The molecule has 2 N–H and O–H groups in total. The zero-order valence-corrected chi connectivity index (χ0v) is 14.1. The van der Waals surface area contributed by atoms with E-state index in [2.05, 4.69) is 27.8 Å². The van der Waals surface area contributed by atoms with Gasteiger partial charge in [0.1, 0.15) is 0 Å². The molecule has 1 aromatic carbocycles. The number of hydrogen-bond acceptors (Lipinski definition) is 4. The van der Waals surface area contributed by atoms with Crippen LogP contribution < -0.4 is 5.73 Å². The lowest BCUT2D eigenvalue weighted by atomic mass is 9.90. The quantitative estimate of drug-likeness (QED) is 0.870. The zero-order valence-electron chi connectivity index (χ0n) is 11.7. The molecule has 1 saturated heterocycles. The van der Waals surface area contributed by atoms with Crippen molar-refractivity contribution in [3.05, 3.63) is 28.7 Å². The Morgan fingerprint density at radius 3 is 2.55 bits per heavy atom. The van der Waals surface area contributed by atoms with Gasteiger partial charge in [-0.2, -0.15) is 0 Å². The van der Waals surface area contributed by atoms with Crippen LogP contribution in [0.25, 0.3) is 0 Å². The smallest absolute Gasteiger partial charge is 0.179 e. The Morgan fingerprint density at radius 1 is 1.35 bits per heavy atom. The highest BCUT2D eigenvalue weighted by molar-refractivity contribution is 9.10. The van der Waals surface area contributed by atoms with Crippen LogP contribution in [0.1, 0.15) is 13.3 Å². The topological polar surface area (TPSA) is 63.4 Å². The predicted molar refractivity (Wildman–Crippen MR) is 84.4 cm³/mol. The molecule has 112 valence electrons. The summed E-state index contributed by atoms with van der Waals surface area (Å²) in [4.78, 5) is 2.59. The molecule has 1 heterocycles. The Bertz CT molecular complexity index is 559. The van der Waals surface area contributed by atoms with Crippen LogP contribution in [0.4, 0.5) is 0 Å². The number of rotatable bonds is 5. The Labute approximate surface area is 129 Å². The first-order chi connectivity index (χ1) is 9.35. The van der Waals surface area contributed by atoms with Gasteiger partial charge in [-0.1, -0.05) is 22.9 Å². The first kappa shape index (κ1) is 15.9. The minimum atomic E-state index is -3.20. The van der Waals surface area contributed by atoms with E-state index in [-0.39, 0.29) is 11.2 Å². The number of sulfone groups is 1. The maximum Gasteiger partial charge on any atom is 0.179 e. The van der Waals surface area contributed by atoms with E-state index in [9.17, 15) is 8.42 Å². The fourth-order valence-electron chi connectivity index (χ4n) is 2.49. The summed E-state index contributed by atoms with van der Waals surface area (Å²) in [5, 5.41) is 0. The van der Waals surface area contributed by atoms with E-state index in [1.54, 1.807) is 24.3 Å². The third-order valence-corrected chi connectivity index (χ3v) is 6.22. The molecule has 1 aliphatic rings. The molecule has 1 aliphatic heterocycles. The Kier molecular flexibility index (Phi) is 4.89. The summed E-state index contributed by atoms with van der Waals surface area (Å²) in [6.45, 7) is 5.22. The Balaban J connectivity index is 1.95. The highest BCUT2D eigenvalue weighted by atomic mass is 79.9. The fraction of sp³-hybridized carbons (Fsp3) is 0.571. The number of nitrogens with zero attached hydrogens (tertiary/aromatic N) is 1. The van der Waals surface area contributed by atoms with E-state index >= 15 is 0 Å². The molecule has 6 heteroatoms. The van der Waals surface area contributed by atoms with Crippen LogP contribution in [0.15, 0.2) is 33.6 Å². The number of likely N-dealkylation sites (tertiary alicyclic amines) is 1. The number of benzene rings is 1. The molecule has 1 unspecified atom stereocenters. The van der Waals surface area contributed by atoms with E-state index in [1.807, 2.05) is 0 Å². The molecule has 0 radical (unpaired) electrons. The molecule has 0 aliphatic carbocycles. The first-order valence-electron chi connectivity index (χ1n) is 6.75. The van der Waals surface area contributed by atoms with E-state index in [0.29, 0.717) is 18.0 Å². The van der Waals surface area contributed by atoms with Gasteiger partial charge in [0.25, 0.3) is 0 Å². The molecular formula is C14H21BrN2O2S. The molecule has 20 heavy (non-hydrogen) atoms. The second-order valence-corrected chi connectivity index (χ2v) is 8.84. The third-order valence-electron chi connectivity index (χ3n) is 3.98. The van der Waals surface area contributed by atoms with Gasteiger partial charge in [0.15, 0.2) is 9.84 Å². The van der Waals surface area contributed by atoms with Crippen molar-refractivity contribution < 1.29 is 8.42 Å². The SMILES string of the molecule is CC1(CN)CCN(CCS(=O)(=O)c2ccc(Br)cc2)C1. The van der Waals surface area contributed by atoms with Crippen LogP contribution in [-0.4, -0.2) is 45.2 Å². The largest absolute Gasteiger partial charge is 0.330 e.